The van der Waals surface area contributed by atoms with Gasteiger partial charge in [-0.15, -0.1) is 0 Å². The van der Waals surface area contributed by atoms with Gasteiger partial charge in [0.2, 0.25) is 10.0 Å². The number of aryl methyl sites for hydroxylation is 1. The lowest BCUT2D eigenvalue weighted by atomic mass is 10.4. The first-order valence-corrected chi connectivity index (χ1v) is 8.00. The van der Waals surface area contributed by atoms with Crippen LogP contribution in [0, 0.1) is 0 Å². The summed E-state index contributed by atoms with van der Waals surface area (Å²) in [5.74, 6) is 0.408. The Labute approximate surface area is 125 Å². The Balaban J connectivity index is 2.26. The average molecular weight is 363 g/mol. The number of aromatic nitrogens is 2. The zero-order valence-corrected chi connectivity index (χ0v) is 13.5. The second kappa shape index (κ2) is 5.68. The molecule has 2 aromatic rings. The van der Waals surface area contributed by atoms with E-state index in [1.807, 2.05) is 0 Å². The summed E-state index contributed by atoms with van der Waals surface area (Å²) in [5.41, 5.74) is 6.25. The minimum absolute atomic E-state index is 0.0735. The number of nitrogens with two attached hydrogens (primary N) is 1. The van der Waals surface area contributed by atoms with Gasteiger partial charge in [0.25, 0.3) is 0 Å². The van der Waals surface area contributed by atoms with Gasteiger partial charge in [0, 0.05) is 38.5 Å². The predicted octanol–water partition coefficient (Wildman–Crippen LogP) is 1.05. The molecule has 0 aromatic carbocycles. The van der Waals surface area contributed by atoms with Gasteiger partial charge in [0.05, 0.1) is 12.7 Å². The highest BCUT2D eigenvalue weighted by molar-refractivity contribution is 9.10. The van der Waals surface area contributed by atoms with Gasteiger partial charge in [-0.1, -0.05) is 0 Å². The predicted molar refractivity (Wildman–Crippen MR) is 76.2 cm³/mol. The highest BCUT2D eigenvalue weighted by atomic mass is 79.9. The maximum absolute atomic E-state index is 12.5. The van der Waals surface area contributed by atoms with Gasteiger partial charge in [0.15, 0.2) is 4.67 Å². The molecule has 0 fully saturated rings. The van der Waals surface area contributed by atoms with E-state index in [4.69, 9.17) is 10.2 Å². The first kappa shape index (κ1) is 15.2. The highest BCUT2D eigenvalue weighted by Crippen LogP contribution is 2.28. The number of halogens is 1. The molecule has 2 aromatic heterocycles. The summed E-state index contributed by atoms with van der Waals surface area (Å²) in [6.45, 7) is 0.367. The summed E-state index contributed by atoms with van der Waals surface area (Å²) >= 11 is 3.11. The van der Waals surface area contributed by atoms with Crippen molar-refractivity contribution in [3.8, 4) is 0 Å². The van der Waals surface area contributed by atoms with Crippen molar-refractivity contribution in [3.05, 3.63) is 34.5 Å². The van der Waals surface area contributed by atoms with Crippen LogP contribution in [-0.2, 0) is 30.2 Å². The van der Waals surface area contributed by atoms with Crippen LogP contribution in [-0.4, -0.2) is 29.6 Å². The third kappa shape index (κ3) is 2.95. The summed E-state index contributed by atoms with van der Waals surface area (Å²) < 4.78 is 33.2. The lowest BCUT2D eigenvalue weighted by molar-refractivity contribution is 0.458. The smallest absolute Gasteiger partial charge is 0.247 e. The molecule has 0 aliphatic rings. The Morgan fingerprint density at radius 1 is 1.55 bits per heavy atom. The maximum atomic E-state index is 12.5. The van der Waals surface area contributed by atoms with Gasteiger partial charge >= 0.3 is 0 Å². The normalized spacial score (nSPS) is 12.2. The van der Waals surface area contributed by atoms with Crippen LogP contribution in [0.5, 0.6) is 0 Å². The molecular weight excluding hydrogens is 348 g/mol. The number of hydrogen-bond acceptors (Lipinski definition) is 5. The highest BCUT2D eigenvalue weighted by Gasteiger charge is 2.27. The van der Waals surface area contributed by atoms with Gasteiger partial charge in [-0.3, -0.25) is 4.68 Å². The first-order valence-electron chi connectivity index (χ1n) is 5.76. The number of hydrogen-bond donors (Lipinski definition) is 1. The number of sulfonamides is 1. The largest absolute Gasteiger partial charge is 0.452 e. The summed E-state index contributed by atoms with van der Waals surface area (Å²) in [5, 5.41) is 4.01. The molecule has 0 saturated heterocycles. The second-order valence-electron chi connectivity index (χ2n) is 4.34. The molecule has 2 N–H and O–H groups in total. The van der Waals surface area contributed by atoms with Crippen LogP contribution in [0.3, 0.4) is 0 Å². The zero-order valence-electron chi connectivity index (χ0n) is 11.1. The number of nitrogens with zero attached hydrogens (tertiary/aromatic N) is 3. The van der Waals surface area contributed by atoms with Crippen molar-refractivity contribution in [1.82, 2.24) is 14.1 Å². The molecule has 0 unspecified atom stereocenters. The number of furan rings is 1. The Kier molecular flexibility index (Phi) is 4.33. The summed E-state index contributed by atoms with van der Waals surface area (Å²) in [7, 11) is -0.368. The molecule has 0 saturated carbocycles. The van der Waals surface area contributed by atoms with Crippen LogP contribution in [0.1, 0.15) is 11.3 Å². The quantitative estimate of drug-likeness (QED) is 0.857. The molecule has 0 radical (unpaired) electrons. The topological polar surface area (TPSA) is 94.4 Å². The van der Waals surface area contributed by atoms with Crippen molar-refractivity contribution in [3.63, 3.8) is 0 Å². The van der Waals surface area contributed by atoms with Gasteiger partial charge < -0.3 is 10.2 Å². The van der Waals surface area contributed by atoms with E-state index < -0.39 is 10.0 Å². The van der Waals surface area contributed by atoms with Crippen molar-refractivity contribution in [2.24, 2.45) is 12.8 Å². The average Bonchev–Trinajstić information content (AvgIpc) is 2.95. The molecule has 0 aliphatic carbocycles. The molecule has 9 heteroatoms. The van der Waals surface area contributed by atoms with E-state index in [0.29, 0.717) is 5.76 Å². The van der Waals surface area contributed by atoms with Gasteiger partial charge in [-0.2, -0.15) is 9.40 Å². The van der Waals surface area contributed by atoms with Crippen molar-refractivity contribution in [1.29, 1.82) is 0 Å². The standard InChI is InChI=1S/C11H15BrN4O3S/c1-15-6-8(5-14-15)7-16(2)20(17,18)10-3-9(4-13)19-11(10)12/h3,5-6H,4,7,13H2,1-2H3. The minimum Gasteiger partial charge on any atom is -0.452 e. The van der Waals surface area contributed by atoms with E-state index in [2.05, 4.69) is 21.0 Å². The van der Waals surface area contributed by atoms with E-state index in [1.165, 1.54) is 17.4 Å². The van der Waals surface area contributed by atoms with E-state index >= 15 is 0 Å². The van der Waals surface area contributed by atoms with Crippen LogP contribution < -0.4 is 5.73 Å². The van der Waals surface area contributed by atoms with Gasteiger partial charge in [-0.25, -0.2) is 8.42 Å². The Morgan fingerprint density at radius 2 is 2.25 bits per heavy atom. The molecule has 110 valence electrons. The van der Waals surface area contributed by atoms with E-state index in [-0.39, 0.29) is 22.7 Å². The third-order valence-corrected chi connectivity index (χ3v) is 5.42. The summed E-state index contributed by atoms with van der Waals surface area (Å²) in [4.78, 5) is 0.0735. The molecule has 7 nitrogen and oxygen atoms in total. The van der Waals surface area contributed by atoms with E-state index in [1.54, 1.807) is 24.1 Å². The van der Waals surface area contributed by atoms with Crippen LogP contribution in [0.4, 0.5) is 0 Å². The molecule has 2 heterocycles. The molecular formula is C11H15BrN4O3S. The van der Waals surface area contributed by atoms with Crippen molar-refractivity contribution in [2.45, 2.75) is 18.0 Å². The van der Waals surface area contributed by atoms with Crippen LogP contribution in [0.25, 0.3) is 0 Å². The molecule has 0 bridgehead atoms. The molecule has 20 heavy (non-hydrogen) atoms. The van der Waals surface area contributed by atoms with Crippen LogP contribution in [0.15, 0.2) is 32.4 Å². The van der Waals surface area contributed by atoms with Crippen molar-refractivity contribution >= 4 is 26.0 Å². The van der Waals surface area contributed by atoms with Crippen molar-refractivity contribution in [2.75, 3.05) is 7.05 Å². The molecule has 0 amide bonds. The third-order valence-electron chi connectivity index (χ3n) is 2.76. The fraction of sp³-hybridized carbons (Fsp3) is 0.364. The van der Waals surface area contributed by atoms with E-state index in [9.17, 15) is 8.42 Å². The minimum atomic E-state index is -3.65. The van der Waals surface area contributed by atoms with Crippen molar-refractivity contribution < 1.29 is 12.8 Å². The summed E-state index contributed by atoms with van der Waals surface area (Å²) in [6, 6.07) is 1.43. The summed E-state index contributed by atoms with van der Waals surface area (Å²) in [6.07, 6.45) is 3.39. The van der Waals surface area contributed by atoms with Gasteiger partial charge in [-0.05, 0) is 15.9 Å². The molecule has 0 aliphatic heterocycles. The van der Waals surface area contributed by atoms with Crippen LogP contribution in [0.2, 0.25) is 0 Å². The van der Waals surface area contributed by atoms with Crippen LogP contribution >= 0.6 is 15.9 Å². The SMILES string of the molecule is CN(Cc1cnn(C)c1)S(=O)(=O)c1cc(CN)oc1Br. The molecule has 0 spiro atoms. The molecule has 0 atom stereocenters. The second-order valence-corrected chi connectivity index (χ2v) is 7.07. The Bertz CT molecular complexity index is 707. The molecule has 2 rings (SSSR count). The van der Waals surface area contributed by atoms with E-state index in [0.717, 1.165) is 5.56 Å². The zero-order chi connectivity index (χ0) is 14.9. The maximum Gasteiger partial charge on any atom is 0.247 e. The number of rotatable bonds is 5. The Hall–Kier alpha value is -1.16. The Morgan fingerprint density at radius 3 is 2.75 bits per heavy atom. The fourth-order valence-electron chi connectivity index (χ4n) is 1.74. The first-order chi connectivity index (χ1) is 9.34. The lowest BCUT2D eigenvalue weighted by Gasteiger charge is -2.15. The fourth-order valence-corrected chi connectivity index (χ4v) is 3.85. The monoisotopic (exact) mass is 362 g/mol. The van der Waals surface area contributed by atoms with Gasteiger partial charge in [0.1, 0.15) is 10.7 Å². The lowest BCUT2D eigenvalue weighted by Crippen LogP contribution is -2.26.